The monoisotopic (exact) mass is 226 g/mol. The van der Waals surface area contributed by atoms with Gasteiger partial charge in [0.05, 0.1) is 0 Å². The molecule has 3 heteroatoms. The van der Waals surface area contributed by atoms with Crippen LogP contribution in [-0.2, 0) is 4.79 Å². The molecule has 1 atom stereocenters. The molecule has 3 nitrogen and oxygen atoms in total. The largest absolute Gasteiger partial charge is 0.345 e. The van der Waals surface area contributed by atoms with Gasteiger partial charge in [0.15, 0.2) is 0 Å². The molecule has 0 radical (unpaired) electrons. The van der Waals surface area contributed by atoms with E-state index in [9.17, 15) is 4.79 Å². The third kappa shape index (κ3) is 3.78. The van der Waals surface area contributed by atoms with Crippen molar-refractivity contribution in [3.63, 3.8) is 0 Å². The van der Waals surface area contributed by atoms with Crippen molar-refractivity contribution in [1.82, 2.24) is 4.90 Å². The van der Waals surface area contributed by atoms with Crippen LogP contribution in [0.1, 0.15) is 39.5 Å². The second-order valence-electron chi connectivity index (χ2n) is 5.52. The summed E-state index contributed by atoms with van der Waals surface area (Å²) in [5, 5.41) is 0. The average molecular weight is 226 g/mol. The molecule has 0 aliphatic heterocycles. The molecule has 1 amide bonds. The van der Waals surface area contributed by atoms with Gasteiger partial charge in [-0.1, -0.05) is 13.8 Å². The van der Waals surface area contributed by atoms with Crippen molar-refractivity contribution in [2.75, 3.05) is 20.1 Å². The second kappa shape index (κ2) is 6.24. The first-order valence-corrected chi connectivity index (χ1v) is 6.49. The van der Waals surface area contributed by atoms with Crippen molar-refractivity contribution in [3.8, 4) is 0 Å². The Bertz CT molecular complexity index is 222. The lowest BCUT2D eigenvalue weighted by Gasteiger charge is -2.30. The summed E-state index contributed by atoms with van der Waals surface area (Å²) in [6, 6.07) is 0. The smallest absolute Gasteiger partial charge is 0.225 e. The highest BCUT2D eigenvalue weighted by Crippen LogP contribution is 2.29. The zero-order valence-electron chi connectivity index (χ0n) is 10.9. The van der Waals surface area contributed by atoms with Crippen LogP contribution < -0.4 is 5.73 Å². The van der Waals surface area contributed by atoms with Gasteiger partial charge in [-0.05, 0) is 44.1 Å². The summed E-state index contributed by atoms with van der Waals surface area (Å²) >= 11 is 0. The summed E-state index contributed by atoms with van der Waals surface area (Å²) < 4.78 is 0. The van der Waals surface area contributed by atoms with Crippen LogP contribution in [-0.4, -0.2) is 30.9 Å². The van der Waals surface area contributed by atoms with Gasteiger partial charge in [-0.3, -0.25) is 4.79 Å². The van der Waals surface area contributed by atoms with Crippen molar-refractivity contribution in [1.29, 1.82) is 0 Å². The molecule has 2 N–H and O–H groups in total. The number of carbonyl (C=O) groups is 1. The highest BCUT2D eigenvalue weighted by Gasteiger charge is 2.26. The molecule has 1 saturated carbocycles. The molecule has 94 valence electrons. The van der Waals surface area contributed by atoms with Crippen LogP contribution in [0.25, 0.3) is 0 Å². The van der Waals surface area contributed by atoms with E-state index in [1.54, 1.807) is 0 Å². The molecule has 16 heavy (non-hydrogen) atoms. The van der Waals surface area contributed by atoms with Gasteiger partial charge in [-0.25, -0.2) is 0 Å². The summed E-state index contributed by atoms with van der Waals surface area (Å²) in [6.07, 6.45) is 4.55. The molecule has 0 saturated heterocycles. The molecule has 0 aromatic carbocycles. The lowest BCUT2D eigenvalue weighted by atomic mass is 9.82. The van der Waals surface area contributed by atoms with Gasteiger partial charge in [0.1, 0.15) is 0 Å². The molecule has 0 spiro atoms. The maximum atomic E-state index is 12.1. The summed E-state index contributed by atoms with van der Waals surface area (Å²) in [4.78, 5) is 14.0. The van der Waals surface area contributed by atoms with Crippen molar-refractivity contribution in [2.45, 2.75) is 39.5 Å². The van der Waals surface area contributed by atoms with Gasteiger partial charge in [-0.15, -0.1) is 0 Å². The first-order chi connectivity index (χ1) is 7.54. The van der Waals surface area contributed by atoms with Gasteiger partial charge in [-0.2, -0.15) is 0 Å². The average Bonchev–Trinajstić information content (AvgIpc) is 2.28. The van der Waals surface area contributed by atoms with Gasteiger partial charge in [0, 0.05) is 19.5 Å². The Hall–Kier alpha value is -0.570. The van der Waals surface area contributed by atoms with Crippen molar-refractivity contribution < 1.29 is 4.79 Å². The first-order valence-electron chi connectivity index (χ1n) is 6.49. The minimum Gasteiger partial charge on any atom is -0.345 e. The predicted octanol–water partition coefficient (Wildman–Crippen LogP) is 1.87. The molecule has 1 fully saturated rings. The minimum atomic E-state index is 0.270. The standard InChI is InChI=1S/C13H26N2O/c1-10-4-6-12(7-5-10)13(16)15(3)9-11(2)8-14/h10-12H,4-9,14H2,1-3H3. The number of carbonyl (C=O) groups excluding carboxylic acids is 1. The van der Waals surface area contributed by atoms with E-state index in [-0.39, 0.29) is 5.92 Å². The van der Waals surface area contributed by atoms with E-state index in [1.807, 2.05) is 11.9 Å². The summed E-state index contributed by atoms with van der Waals surface area (Å²) in [5.41, 5.74) is 5.58. The van der Waals surface area contributed by atoms with E-state index in [0.29, 0.717) is 18.4 Å². The maximum absolute atomic E-state index is 12.1. The highest BCUT2D eigenvalue weighted by atomic mass is 16.2. The first kappa shape index (κ1) is 13.5. The van der Waals surface area contributed by atoms with Crippen LogP contribution in [0.4, 0.5) is 0 Å². The zero-order chi connectivity index (χ0) is 12.1. The number of amides is 1. The summed E-state index contributed by atoms with van der Waals surface area (Å²) in [5.74, 6) is 1.80. The minimum absolute atomic E-state index is 0.270. The van der Waals surface area contributed by atoms with E-state index in [0.717, 1.165) is 25.3 Å². The van der Waals surface area contributed by atoms with Gasteiger partial charge in [0.2, 0.25) is 5.91 Å². The third-order valence-electron chi connectivity index (χ3n) is 3.73. The van der Waals surface area contributed by atoms with Gasteiger partial charge < -0.3 is 10.6 Å². The number of hydrogen-bond acceptors (Lipinski definition) is 2. The Balaban J connectivity index is 2.38. The van der Waals surface area contributed by atoms with Crippen molar-refractivity contribution in [2.24, 2.45) is 23.5 Å². The molecule has 1 unspecified atom stereocenters. The number of nitrogens with two attached hydrogens (primary N) is 1. The summed E-state index contributed by atoms with van der Waals surface area (Å²) in [7, 11) is 1.91. The van der Waals surface area contributed by atoms with Crippen molar-refractivity contribution >= 4 is 5.91 Å². The summed E-state index contributed by atoms with van der Waals surface area (Å²) in [6.45, 7) is 5.81. The highest BCUT2D eigenvalue weighted by molar-refractivity contribution is 5.78. The molecule has 1 aliphatic carbocycles. The van der Waals surface area contributed by atoms with E-state index >= 15 is 0 Å². The van der Waals surface area contributed by atoms with Crippen LogP contribution in [0.2, 0.25) is 0 Å². The van der Waals surface area contributed by atoms with E-state index in [4.69, 9.17) is 5.73 Å². The Morgan fingerprint density at radius 2 is 1.94 bits per heavy atom. The van der Waals surface area contributed by atoms with Crippen LogP contribution in [0, 0.1) is 17.8 Å². The van der Waals surface area contributed by atoms with Crippen molar-refractivity contribution in [3.05, 3.63) is 0 Å². The molecule has 0 aromatic heterocycles. The molecule has 1 rings (SSSR count). The lowest BCUT2D eigenvalue weighted by molar-refractivity contribution is -0.135. The van der Waals surface area contributed by atoms with Crippen LogP contribution in [0.5, 0.6) is 0 Å². The lowest BCUT2D eigenvalue weighted by Crippen LogP contribution is -2.38. The topological polar surface area (TPSA) is 46.3 Å². The fourth-order valence-corrected chi connectivity index (χ4v) is 2.45. The SMILES string of the molecule is CC1CCC(C(=O)N(C)CC(C)CN)CC1. The van der Waals surface area contributed by atoms with E-state index < -0.39 is 0 Å². The van der Waals surface area contributed by atoms with E-state index in [2.05, 4.69) is 13.8 Å². The number of nitrogens with zero attached hydrogens (tertiary/aromatic N) is 1. The Morgan fingerprint density at radius 3 is 2.44 bits per heavy atom. The Morgan fingerprint density at radius 1 is 1.38 bits per heavy atom. The molecule has 0 bridgehead atoms. The van der Waals surface area contributed by atoms with Crippen LogP contribution in [0.3, 0.4) is 0 Å². The number of rotatable bonds is 4. The molecular weight excluding hydrogens is 200 g/mol. The van der Waals surface area contributed by atoms with Crippen LogP contribution >= 0.6 is 0 Å². The Labute approximate surface area is 99.4 Å². The second-order valence-corrected chi connectivity index (χ2v) is 5.52. The van der Waals surface area contributed by atoms with E-state index in [1.165, 1.54) is 12.8 Å². The third-order valence-corrected chi connectivity index (χ3v) is 3.73. The molecule has 0 aromatic rings. The quantitative estimate of drug-likeness (QED) is 0.795. The molecular formula is C13H26N2O. The zero-order valence-corrected chi connectivity index (χ0v) is 10.9. The number of hydrogen-bond donors (Lipinski definition) is 1. The fourth-order valence-electron chi connectivity index (χ4n) is 2.45. The van der Waals surface area contributed by atoms with Crippen LogP contribution in [0.15, 0.2) is 0 Å². The Kier molecular flexibility index (Phi) is 5.26. The van der Waals surface area contributed by atoms with Gasteiger partial charge in [0.25, 0.3) is 0 Å². The normalized spacial score (nSPS) is 27.5. The molecule has 0 heterocycles. The molecule has 1 aliphatic rings. The maximum Gasteiger partial charge on any atom is 0.225 e. The fraction of sp³-hybridized carbons (Fsp3) is 0.923. The van der Waals surface area contributed by atoms with Gasteiger partial charge >= 0.3 is 0 Å². The predicted molar refractivity (Wildman–Crippen MR) is 67.0 cm³/mol.